The molecular weight excluding hydrogens is 234 g/mol. The van der Waals surface area contributed by atoms with Crippen LogP contribution in [0.2, 0.25) is 0 Å². The summed E-state index contributed by atoms with van der Waals surface area (Å²) in [6.45, 7) is 0.633. The zero-order valence-corrected chi connectivity index (χ0v) is 10.7. The molecule has 1 aromatic carbocycles. The third-order valence-corrected chi connectivity index (χ3v) is 3.65. The van der Waals surface area contributed by atoms with Crippen LogP contribution in [0.15, 0.2) is 30.3 Å². The molecule has 1 amide bonds. The lowest BCUT2D eigenvalue weighted by Crippen LogP contribution is -2.38. The molecule has 0 atom stereocenters. The lowest BCUT2D eigenvalue weighted by molar-refractivity contribution is 0.171. The summed E-state index contributed by atoms with van der Waals surface area (Å²) < 4.78 is 0. The van der Waals surface area contributed by atoms with E-state index in [1.807, 2.05) is 35.2 Å². The third kappa shape index (κ3) is 3.47. The average molecular weight is 252 g/mol. The summed E-state index contributed by atoms with van der Waals surface area (Å²) in [6, 6.07) is 10.4. The number of carbonyl (C=O) groups excluding carboxylic acids is 1. The molecule has 2 nitrogen and oxygen atoms in total. The van der Waals surface area contributed by atoms with Crippen molar-refractivity contribution in [2.24, 2.45) is 0 Å². The molecule has 0 radical (unpaired) electrons. The van der Waals surface area contributed by atoms with E-state index in [2.05, 4.69) is 0 Å². The molecule has 17 heavy (non-hydrogen) atoms. The molecule has 1 aliphatic rings. The summed E-state index contributed by atoms with van der Waals surface area (Å²) >= 11 is 5.71. The van der Waals surface area contributed by atoms with Crippen LogP contribution < -0.4 is 0 Å². The first-order valence-electron chi connectivity index (χ1n) is 6.27. The van der Waals surface area contributed by atoms with Crippen LogP contribution in [0.1, 0.15) is 37.7 Å². The summed E-state index contributed by atoms with van der Waals surface area (Å²) in [4.78, 5) is 13.4. The van der Waals surface area contributed by atoms with E-state index in [0.717, 1.165) is 18.4 Å². The smallest absolute Gasteiger partial charge is 0.316 e. The van der Waals surface area contributed by atoms with Gasteiger partial charge in [-0.15, -0.1) is 0 Å². The van der Waals surface area contributed by atoms with E-state index in [0.29, 0.717) is 12.6 Å². The van der Waals surface area contributed by atoms with E-state index in [4.69, 9.17) is 11.6 Å². The van der Waals surface area contributed by atoms with E-state index in [1.54, 1.807) is 0 Å². The topological polar surface area (TPSA) is 20.3 Å². The van der Waals surface area contributed by atoms with Crippen molar-refractivity contribution in [2.75, 3.05) is 0 Å². The standard InChI is InChI=1S/C14H18ClNO/c15-14(17)16(13-9-5-2-6-10-13)11-12-7-3-1-4-8-12/h1,3-4,7-8,13H,2,5-6,9-11H2. The Labute approximate surface area is 108 Å². The van der Waals surface area contributed by atoms with Gasteiger partial charge < -0.3 is 4.90 Å². The fourth-order valence-corrected chi connectivity index (χ4v) is 2.71. The fourth-order valence-electron chi connectivity index (χ4n) is 2.51. The SMILES string of the molecule is O=C(Cl)N(Cc1ccccc1)C1CCCCC1. The van der Waals surface area contributed by atoms with Crippen molar-refractivity contribution in [1.82, 2.24) is 4.90 Å². The summed E-state index contributed by atoms with van der Waals surface area (Å²) in [5, 5.41) is -0.319. The van der Waals surface area contributed by atoms with Gasteiger partial charge in [0.1, 0.15) is 0 Å². The van der Waals surface area contributed by atoms with Gasteiger partial charge in [0.15, 0.2) is 0 Å². The predicted molar refractivity (Wildman–Crippen MR) is 70.1 cm³/mol. The summed E-state index contributed by atoms with van der Waals surface area (Å²) in [5.41, 5.74) is 1.15. The van der Waals surface area contributed by atoms with E-state index in [9.17, 15) is 4.79 Å². The third-order valence-electron chi connectivity index (χ3n) is 3.44. The Hall–Kier alpha value is -1.02. The van der Waals surface area contributed by atoms with Gasteiger partial charge in [-0.1, -0.05) is 49.6 Å². The molecule has 0 bridgehead atoms. The van der Waals surface area contributed by atoms with Crippen molar-refractivity contribution in [3.05, 3.63) is 35.9 Å². The number of hydrogen-bond donors (Lipinski definition) is 0. The summed E-state index contributed by atoms with van der Waals surface area (Å²) in [7, 11) is 0. The van der Waals surface area contributed by atoms with Crippen molar-refractivity contribution in [3.63, 3.8) is 0 Å². The van der Waals surface area contributed by atoms with Crippen molar-refractivity contribution in [3.8, 4) is 0 Å². The molecule has 0 heterocycles. The number of nitrogens with zero attached hydrogens (tertiary/aromatic N) is 1. The van der Waals surface area contributed by atoms with Gasteiger partial charge in [0.05, 0.1) is 0 Å². The maximum atomic E-state index is 11.5. The molecule has 1 aliphatic carbocycles. The van der Waals surface area contributed by atoms with E-state index in [-0.39, 0.29) is 5.37 Å². The first-order chi connectivity index (χ1) is 8.27. The molecule has 1 aromatic rings. The first-order valence-corrected chi connectivity index (χ1v) is 6.65. The van der Waals surface area contributed by atoms with Crippen LogP contribution in [0, 0.1) is 0 Å². The number of amides is 1. The zero-order valence-electron chi connectivity index (χ0n) is 9.94. The normalized spacial score (nSPS) is 16.8. The molecule has 0 unspecified atom stereocenters. The maximum Gasteiger partial charge on any atom is 0.316 e. The zero-order chi connectivity index (χ0) is 12.1. The summed E-state index contributed by atoms with van der Waals surface area (Å²) in [6.07, 6.45) is 5.88. The molecule has 3 heteroatoms. The number of hydrogen-bond acceptors (Lipinski definition) is 1. The minimum absolute atomic E-state index is 0.319. The van der Waals surface area contributed by atoms with Gasteiger partial charge >= 0.3 is 5.37 Å². The van der Waals surface area contributed by atoms with Gasteiger partial charge in [-0.05, 0) is 30.0 Å². The highest BCUT2D eigenvalue weighted by Gasteiger charge is 2.24. The molecule has 0 N–H and O–H groups in total. The van der Waals surface area contributed by atoms with E-state index in [1.165, 1.54) is 19.3 Å². The predicted octanol–water partition coefficient (Wildman–Crippen LogP) is 4.18. The Morgan fingerprint density at radius 3 is 2.41 bits per heavy atom. The Morgan fingerprint density at radius 1 is 1.18 bits per heavy atom. The van der Waals surface area contributed by atoms with Crippen LogP contribution >= 0.6 is 11.6 Å². The van der Waals surface area contributed by atoms with Crippen LogP contribution in [0.5, 0.6) is 0 Å². The maximum absolute atomic E-state index is 11.5. The summed E-state index contributed by atoms with van der Waals surface area (Å²) in [5.74, 6) is 0. The van der Waals surface area contributed by atoms with Crippen molar-refractivity contribution < 1.29 is 4.79 Å². The monoisotopic (exact) mass is 251 g/mol. The van der Waals surface area contributed by atoms with Gasteiger partial charge in [0.25, 0.3) is 0 Å². The highest BCUT2D eigenvalue weighted by atomic mass is 35.5. The number of rotatable bonds is 3. The number of benzene rings is 1. The lowest BCUT2D eigenvalue weighted by atomic mass is 9.94. The molecule has 0 aliphatic heterocycles. The lowest BCUT2D eigenvalue weighted by Gasteiger charge is -2.32. The highest BCUT2D eigenvalue weighted by Crippen LogP contribution is 2.25. The minimum Gasteiger partial charge on any atom is -0.322 e. The number of carbonyl (C=O) groups is 1. The van der Waals surface area contributed by atoms with E-state index < -0.39 is 0 Å². The Balaban J connectivity index is 2.04. The molecule has 2 rings (SSSR count). The molecule has 0 aromatic heterocycles. The van der Waals surface area contributed by atoms with Crippen LogP contribution in [0.25, 0.3) is 0 Å². The van der Waals surface area contributed by atoms with Gasteiger partial charge in [0.2, 0.25) is 0 Å². The first kappa shape index (κ1) is 12.4. The van der Waals surface area contributed by atoms with Crippen LogP contribution in [-0.4, -0.2) is 16.3 Å². The van der Waals surface area contributed by atoms with Crippen molar-refractivity contribution in [2.45, 2.75) is 44.7 Å². The van der Waals surface area contributed by atoms with Crippen molar-refractivity contribution in [1.29, 1.82) is 0 Å². The molecular formula is C14H18ClNO. The quantitative estimate of drug-likeness (QED) is 0.583. The molecule has 92 valence electrons. The van der Waals surface area contributed by atoms with Gasteiger partial charge in [0, 0.05) is 12.6 Å². The molecule has 0 saturated heterocycles. The second-order valence-electron chi connectivity index (χ2n) is 4.66. The Morgan fingerprint density at radius 2 is 1.82 bits per heavy atom. The number of halogens is 1. The molecule has 1 saturated carbocycles. The second-order valence-corrected chi connectivity index (χ2v) is 4.98. The molecule has 0 spiro atoms. The van der Waals surface area contributed by atoms with Crippen LogP contribution in [-0.2, 0) is 6.54 Å². The van der Waals surface area contributed by atoms with Crippen molar-refractivity contribution >= 4 is 17.0 Å². The van der Waals surface area contributed by atoms with Crippen LogP contribution in [0.4, 0.5) is 4.79 Å². The largest absolute Gasteiger partial charge is 0.322 e. The Bertz CT molecular complexity index is 360. The van der Waals surface area contributed by atoms with Crippen LogP contribution in [0.3, 0.4) is 0 Å². The highest BCUT2D eigenvalue weighted by molar-refractivity contribution is 6.62. The Kier molecular flexibility index (Phi) is 4.43. The molecule has 1 fully saturated rings. The fraction of sp³-hybridized carbons (Fsp3) is 0.500. The minimum atomic E-state index is -0.319. The van der Waals surface area contributed by atoms with E-state index >= 15 is 0 Å². The average Bonchev–Trinajstić information content (AvgIpc) is 2.38. The van der Waals surface area contributed by atoms with Gasteiger partial charge in [-0.25, -0.2) is 0 Å². The van der Waals surface area contributed by atoms with Gasteiger partial charge in [-0.3, -0.25) is 4.79 Å². The van der Waals surface area contributed by atoms with Gasteiger partial charge in [-0.2, -0.15) is 0 Å². The second kappa shape index (κ2) is 6.06.